The molecule has 3 rings (SSSR count). The second kappa shape index (κ2) is 5.89. The minimum Gasteiger partial charge on any atom is -0.355 e. The van der Waals surface area contributed by atoms with Gasteiger partial charge in [-0.1, -0.05) is 0 Å². The molecule has 0 saturated carbocycles. The van der Waals surface area contributed by atoms with E-state index in [4.69, 9.17) is 0 Å². The summed E-state index contributed by atoms with van der Waals surface area (Å²) >= 11 is 0. The van der Waals surface area contributed by atoms with Crippen molar-refractivity contribution in [2.24, 2.45) is 0 Å². The average Bonchev–Trinajstić information content (AvgIpc) is 2.90. The summed E-state index contributed by atoms with van der Waals surface area (Å²) in [6.45, 7) is 3.62. The Balaban J connectivity index is 1.64. The lowest BCUT2D eigenvalue weighted by molar-refractivity contribution is 0.0942. The molecule has 2 aliphatic rings. The number of rotatable bonds is 3. The molecule has 114 valence electrons. The predicted molar refractivity (Wildman–Crippen MR) is 83.8 cm³/mol. The van der Waals surface area contributed by atoms with Crippen LogP contribution in [-0.2, 0) is 0 Å². The van der Waals surface area contributed by atoms with Gasteiger partial charge in [0.15, 0.2) is 5.82 Å². The van der Waals surface area contributed by atoms with E-state index in [0.717, 1.165) is 37.7 Å². The molecule has 3 heterocycles. The number of likely N-dealkylation sites (tertiary alicyclic amines) is 1. The zero-order valence-corrected chi connectivity index (χ0v) is 12.7. The summed E-state index contributed by atoms with van der Waals surface area (Å²) in [6, 6.07) is 4.25. The highest BCUT2D eigenvalue weighted by Gasteiger charge is 2.32. The summed E-state index contributed by atoms with van der Waals surface area (Å²) in [5.74, 6) is 0.896. The summed E-state index contributed by atoms with van der Waals surface area (Å²) in [4.78, 5) is 23.0. The van der Waals surface area contributed by atoms with Crippen molar-refractivity contribution in [1.29, 1.82) is 0 Å². The summed E-state index contributed by atoms with van der Waals surface area (Å²) in [5, 5.41) is 3.01. The first-order chi connectivity index (χ1) is 10.1. The van der Waals surface area contributed by atoms with E-state index in [-0.39, 0.29) is 6.03 Å². The lowest BCUT2D eigenvalue weighted by Gasteiger charge is -2.42. The fourth-order valence-corrected chi connectivity index (χ4v) is 2.82. The first kappa shape index (κ1) is 14.1. The number of likely N-dealkylation sites (N-methyl/N-ethyl adjacent to an activating group) is 1. The van der Waals surface area contributed by atoms with Crippen LogP contribution in [0.5, 0.6) is 0 Å². The Morgan fingerprint density at radius 1 is 1.33 bits per heavy atom. The molecule has 2 aliphatic heterocycles. The fraction of sp³-hybridized carbons (Fsp3) is 0.600. The summed E-state index contributed by atoms with van der Waals surface area (Å²) in [7, 11) is 4.10. The number of aromatic nitrogens is 1. The van der Waals surface area contributed by atoms with E-state index >= 15 is 0 Å². The minimum absolute atomic E-state index is 0.0263. The molecule has 0 spiro atoms. The monoisotopic (exact) mass is 289 g/mol. The van der Waals surface area contributed by atoms with Gasteiger partial charge in [0.05, 0.1) is 5.69 Å². The lowest BCUT2D eigenvalue weighted by atomic mass is 10.1. The van der Waals surface area contributed by atoms with Crippen molar-refractivity contribution in [1.82, 2.24) is 14.8 Å². The highest BCUT2D eigenvalue weighted by Crippen LogP contribution is 2.26. The number of nitrogens with one attached hydrogen (secondary N) is 1. The molecule has 21 heavy (non-hydrogen) atoms. The molecule has 0 aromatic carbocycles. The third kappa shape index (κ3) is 2.95. The Bertz CT molecular complexity index is 507. The normalized spacial score (nSPS) is 19.0. The molecule has 0 aliphatic carbocycles. The van der Waals surface area contributed by atoms with Crippen molar-refractivity contribution in [3.8, 4) is 0 Å². The van der Waals surface area contributed by atoms with Gasteiger partial charge in [-0.05, 0) is 39.1 Å². The van der Waals surface area contributed by atoms with Gasteiger partial charge in [0.2, 0.25) is 0 Å². The molecule has 1 aromatic heterocycles. The van der Waals surface area contributed by atoms with Crippen LogP contribution in [0.25, 0.3) is 0 Å². The smallest absolute Gasteiger partial charge is 0.322 e. The topological polar surface area (TPSA) is 51.7 Å². The van der Waals surface area contributed by atoms with E-state index in [1.807, 2.05) is 31.1 Å². The van der Waals surface area contributed by atoms with E-state index in [1.54, 1.807) is 6.20 Å². The van der Waals surface area contributed by atoms with Crippen molar-refractivity contribution in [3.63, 3.8) is 0 Å². The largest absolute Gasteiger partial charge is 0.355 e. The van der Waals surface area contributed by atoms with Crippen molar-refractivity contribution in [3.05, 3.63) is 18.3 Å². The van der Waals surface area contributed by atoms with E-state index < -0.39 is 0 Å². The average molecular weight is 289 g/mol. The second-order valence-corrected chi connectivity index (χ2v) is 6.02. The van der Waals surface area contributed by atoms with E-state index in [1.165, 1.54) is 12.8 Å². The van der Waals surface area contributed by atoms with Crippen molar-refractivity contribution >= 4 is 17.5 Å². The number of amides is 2. The van der Waals surface area contributed by atoms with Gasteiger partial charge in [-0.25, -0.2) is 9.78 Å². The maximum absolute atomic E-state index is 12.3. The Labute approximate surface area is 125 Å². The van der Waals surface area contributed by atoms with Gasteiger partial charge < -0.3 is 20.0 Å². The number of pyridine rings is 1. The number of carbonyl (C=O) groups excluding carboxylic acids is 1. The molecular weight excluding hydrogens is 266 g/mol. The molecule has 6 nitrogen and oxygen atoms in total. The van der Waals surface area contributed by atoms with Gasteiger partial charge in [0.25, 0.3) is 0 Å². The van der Waals surface area contributed by atoms with Gasteiger partial charge in [-0.15, -0.1) is 0 Å². The number of anilines is 2. The van der Waals surface area contributed by atoms with Gasteiger partial charge in [0, 0.05) is 38.4 Å². The van der Waals surface area contributed by atoms with Crippen molar-refractivity contribution in [2.75, 3.05) is 50.5 Å². The SMILES string of the molecule is CN(C)C1CN(C(=O)Nc2cccnc2N2CCCC2)C1. The molecule has 2 saturated heterocycles. The molecule has 2 fully saturated rings. The zero-order chi connectivity index (χ0) is 14.8. The summed E-state index contributed by atoms with van der Waals surface area (Å²) in [5.41, 5.74) is 0.817. The minimum atomic E-state index is -0.0263. The molecule has 0 unspecified atom stereocenters. The molecule has 2 amide bonds. The molecule has 6 heteroatoms. The Morgan fingerprint density at radius 2 is 2.05 bits per heavy atom. The standard InChI is InChI=1S/C15H23N5O/c1-18(2)12-10-20(11-12)15(21)17-13-6-5-7-16-14(13)19-8-3-4-9-19/h5-7,12H,3-4,8-11H2,1-2H3,(H,17,21). The van der Waals surface area contributed by atoms with E-state index in [0.29, 0.717) is 6.04 Å². The quantitative estimate of drug-likeness (QED) is 0.915. The predicted octanol–water partition coefficient (Wildman–Crippen LogP) is 1.46. The maximum Gasteiger partial charge on any atom is 0.322 e. The molecule has 1 N–H and O–H groups in total. The summed E-state index contributed by atoms with van der Waals surface area (Å²) in [6.07, 6.45) is 4.18. The highest BCUT2D eigenvalue weighted by molar-refractivity contribution is 5.93. The lowest BCUT2D eigenvalue weighted by Crippen LogP contribution is -2.60. The van der Waals surface area contributed by atoms with Crippen LogP contribution in [0.15, 0.2) is 18.3 Å². The molecule has 0 radical (unpaired) electrons. The number of urea groups is 1. The Kier molecular flexibility index (Phi) is 3.96. The summed E-state index contributed by atoms with van der Waals surface area (Å²) < 4.78 is 0. The maximum atomic E-state index is 12.3. The zero-order valence-electron chi connectivity index (χ0n) is 12.7. The molecule has 1 aromatic rings. The molecular formula is C15H23N5O. The number of nitrogens with zero attached hydrogens (tertiary/aromatic N) is 4. The van der Waals surface area contributed by atoms with E-state index in [2.05, 4.69) is 20.1 Å². The first-order valence-corrected chi connectivity index (χ1v) is 7.57. The van der Waals surface area contributed by atoms with Gasteiger partial charge in [-0.2, -0.15) is 0 Å². The van der Waals surface area contributed by atoms with Crippen LogP contribution in [-0.4, -0.2) is 67.1 Å². The van der Waals surface area contributed by atoms with Crippen LogP contribution in [0, 0.1) is 0 Å². The van der Waals surface area contributed by atoms with Crippen molar-refractivity contribution in [2.45, 2.75) is 18.9 Å². The van der Waals surface area contributed by atoms with Crippen molar-refractivity contribution < 1.29 is 4.79 Å². The molecule has 0 bridgehead atoms. The third-order valence-electron chi connectivity index (χ3n) is 4.31. The highest BCUT2D eigenvalue weighted by atomic mass is 16.2. The third-order valence-corrected chi connectivity index (χ3v) is 4.31. The Hall–Kier alpha value is -1.82. The van der Waals surface area contributed by atoms with Crippen LogP contribution >= 0.6 is 0 Å². The van der Waals surface area contributed by atoms with Gasteiger partial charge in [-0.3, -0.25) is 0 Å². The Morgan fingerprint density at radius 3 is 2.71 bits per heavy atom. The van der Waals surface area contributed by atoms with Gasteiger partial charge >= 0.3 is 6.03 Å². The number of carbonyl (C=O) groups is 1. The molecule has 0 atom stereocenters. The van der Waals surface area contributed by atoms with Crippen LogP contribution in [0.2, 0.25) is 0 Å². The van der Waals surface area contributed by atoms with Crippen LogP contribution in [0.4, 0.5) is 16.3 Å². The van der Waals surface area contributed by atoms with Crippen LogP contribution in [0.1, 0.15) is 12.8 Å². The van der Waals surface area contributed by atoms with E-state index in [9.17, 15) is 4.79 Å². The van der Waals surface area contributed by atoms with Crippen LogP contribution in [0.3, 0.4) is 0 Å². The van der Waals surface area contributed by atoms with Crippen LogP contribution < -0.4 is 10.2 Å². The number of hydrogen-bond donors (Lipinski definition) is 1. The second-order valence-electron chi connectivity index (χ2n) is 6.02. The first-order valence-electron chi connectivity index (χ1n) is 7.57. The van der Waals surface area contributed by atoms with Gasteiger partial charge in [0.1, 0.15) is 0 Å². The number of hydrogen-bond acceptors (Lipinski definition) is 4. The fourth-order valence-electron chi connectivity index (χ4n) is 2.82.